The molecule has 1 aromatic heterocycles. The molecule has 0 radical (unpaired) electrons. The summed E-state index contributed by atoms with van der Waals surface area (Å²) in [4.78, 5) is 15.7. The zero-order chi connectivity index (χ0) is 13.7. The van der Waals surface area contributed by atoms with E-state index in [9.17, 15) is 4.79 Å². The van der Waals surface area contributed by atoms with Gasteiger partial charge in [0, 0.05) is 4.47 Å². The number of nitrogens with zero attached hydrogens (tertiary/aromatic N) is 2. The Hall–Kier alpha value is -1.34. The maximum Gasteiger partial charge on any atom is 0.230 e. The summed E-state index contributed by atoms with van der Waals surface area (Å²) in [5, 5.41) is 10.0. The minimum atomic E-state index is -0.0307. The Kier molecular flexibility index (Phi) is 4.98. The van der Waals surface area contributed by atoms with Crippen molar-refractivity contribution >= 4 is 33.6 Å². The summed E-state index contributed by atoms with van der Waals surface area (Å²) in [6.45, 7) is 1.96. The van der Waals surface area contributed by atoms with Crippen molar-refractivity contribution in [1.82, 2.24) is 20.5 Å². The molecule has 100 valence electrons. The smallest absolute Gasteiger partial charge is 0.230 e. The van der Waals surface area contributed by atoms with E-state index in [1.807, 2.05) is 31.2 Å². The fourth-order valence-electron chi connectivity index (χ4n) is 1.52. The van der Waals surface area contributed by atoms with Crippen LogP contribution in [0.3, 0.4) is 0 Å². The number of benzene rings is 1. The van der Waals surface area contributed by atoms with Crippen LogP contribution in [0.15, 0.2) is 40.2 Å². The van der Waals surface area contributed by atoms with Crippen molar-refractivity contribution in [2.45, 2.75) is 18.1 Å². The second-order valence-corrected chi connectivity index (χ2v) is 5.80. The molecule has 1 amide bonds. The Morgan fingerprint density at radius 1 is 1.47 bits per heavy atom. The quantitative estimate of drug-likeness (QED) is 0.820. The van der Waals surface area contributed by atoms with Crippen LogP contribution in [-0.4, -0.2) is 26.8 Å². The zero-order valence-corrected chi connectivity index (χ0v) is 12.7. The molecule has 19 heavy (non-hydrogen) atoms. The van der Waals surface area contributed by atoms with Gasteiger partial charge in [0.2, 0.25) is 5.91 Å². The molecule has 0 aliphatic heterocycles. The predicted molar refractivity (Wildman–Crippen MR) is 77.8 cm³/mol. The van der Waals surface area contributed by atoms with Gasteiger partial charge in [-0.3, -0.25) is 9.89 Å². The molecule has 1 heterocycles. The molecule has 2 N–H and O–H groups in total. The molecule has 0 unspecified atom stereocenters. The number of amides is 1. The SMILES string of the molecule is C[C@@H](NC(=O)CSc1ncn[nH]1)c1ccc(Br)cc1. The van der Waals surface area contributed by atoms with Crippen LogP contribution >= 0.6 is 27.7 Å². The van der Waals surface area contributed by atoms with Gasteiger partial charge in [0.15, 0.2) is 5.16 Å². The molecule has 7 heteroatoms. The standard InChI is InChI=1S/C12H13BrN4OS/c1-8(9-2-4-10(13)5-3-9)16-11(18)6-19-12-14-7-15-17-12/h2-5,7-8H,6H2,1H3,(H,16,18)(H,14,15,17)/t8-/m1/s1. The molecular weight excluding hydrogens is 328 g/mol. The first kappa shape index (κ1) is 14.1. The van der Waals surface area contributed by atoms with Gasteiger partial charge in [0.05, 0.1) is 11.8 Å². The van der Waals surface area contributed by atoms with E-state index in [4.69, 9.17) is 0 Å². The van der Waals surface area contributed by atoms with E-state index in [1.54, 1.807) is 0 Å². The number of carbonyl (C=O) groups excluding carboxylic acids is 1. The van der Waals surface area contributed by atoms with Crippen LogP contribution in [0.4, 0.5) is 0 Å². The number of rotatable bonds is 5. The fourth-order valence-corrected chi connectivity index (χ4v) is 2.37. The number of halogens is 1. The molecule has 0 spiro atoms. The first-order valence-electron chi connectivity index (χ1n) is 5.68. The highest BCUT2D eigenvalue weighted by Crippen LogP contribution is 2.17. The maximum absolute atomic E-state index is 11.8. The number of H-pyrrole nitrogens is 1. The van der Waals surface area contributed by atoms with E-state index in [0.29, 0.717) is 10.9 Å². The summed E-state index contributed by atoms with van der Waals surface area (Å²) >= 11 is 4.71. The molecule has 0 aliphatic carbocycles. The molecule has 0 aliphatic rings. The van der Waals surface area contributed by atoms with Gasteiger partial charge >= 0.3 is 0 Å². The number of thioether (sulfide) groups is 1. The third-order valence-corrected chi connectivity index (χ3v) is 3.89. The number of aromatic nitrogens is 3. The number of hydrogen-bond donors (Lipinski definition) is 2. The molecular formula is C12H13BrN4OS. The highest BCUT2D eigenvalue weighted by molar-refractivity contribution is 9.10. The maximum atomic E-state index is 11.8. The molecule has 0 bridgehead atoms. The molecule has 0 saturated carbocycles. The van der Waals surface area contributed by atoms with Crippen LogP contribution in [0.1, 0.15) is 18.5 Å². The Morgan fingerprint density at radius 2 is 2.21 bits per heavy atom. The van der Waals surface area contributed by atoms with Crippen molar-refractivity contribution in [3.8, 4) is 0 Å². The lowest BCUT2D eigenvalue weighted by Gasteiger charge is -2.14. The first-order chi connectivity index (χ1) is 9.15. The molecule has 0 fully saturated rings. The van der Waals surface area contributed by atoms with E-state index >= 15 is 0 Å². The number of carbonyl (C=O) groups is 1. The van der Waals surface area contributed by atoms with Crippen molar-refractivity contribution in [3.05, 3.63) is 40.6 Å². The van der Waals surface area contributed by atoms with Crippen molar-refractivity contribution in [3.63, 3.8) is 0 Å². The van der Waals surface area contributed by atoms with Gasteiger partial charge in [-0.2, -0.15) is 5.10 Å². The number of hydrogen-bond acceptors (Lipinski definition) is 4. The highest BCUT2D eigenvalue weighted by Gasteiger charge is 2.10. The molecule has 0 saturated heterocycles. The van der Waals surface area contributed by atoms with Crippen LogP contribution in [0.25, 0.3) is 0 Å². The van der Waals surface area contributed by atoms with E-state index in [1.165, 1.54) is 18.1 Å². The van der Waals surface area contributed by atoms with Gasteiger partial charge in [0.1, 0.15) is 6.33 Å². The lowest BCUT2D eigenvalue weighted by Crippen LogP contribution is -2.28. The molecule has 5 nitrogen and oxygen atoms in total. The largest absolute Gasteiger partial charge is 0.349 e. The fraction of sp³-hybridized carbons (Fsp3) is 0.250. The number of aromatic amines is 1. The minimum absolute atomic E-state index is 0.0177. The van der Waals surface area contributed by atoms with Crippen LogP contribution < -0.4 is 5.32 Å². The topological polar surface area (TPSA) is 70.7 Å². The summed E-state index contributed by atoms with van der Waals surface area (Å²) in [5.41, 5.74) is 1.07. The second kappa shape index (κ2) is 6.72. The highest BCUT2D eigenvalue weighted by atomic mass is 79.9. The molecule has 2 rings (SSSR count). The first-order valence-corrected chi connectivity index (χ1v) is 7.46. The van der Waals surface area contributed by atoms with Crippen molar-refractivity contribution < 1.29 is 4.79 Å². The van der Waals surface area contributed by atoms with Gasteiger partial charge in [-0.05, 0) is 24.6 Å². The predicted octanol–water partition coefficient (Wildman–Crippen LogP) is 2.54. The van der Waals surface area contributed by atoms with E-state index in [-0.39, 0.29) is 11.9 Å². The van der Waals surface area contributed by atoms with Gasteiger partial charge in [-0.25, -0.2) is 4.98 Å². The van der Waals surface area contributed by atoms with Gasteiger partial charge in [-0.15, -0.1) is 0 Å². The second-order valence-electron chi connectivity index (χ2n) is 3.92. The lowest BCUT2D eigenvalue weighted by atomic mass is 10.1. The Morgan fingerprint density at radius 3 is 2.84 bits per heavy atom. The Labute approximate surface area is 123 Å². The van der Waals surface area contributed by atoms with Crippen LogP contribution in [0.5, 0.6) is 0 Å². The van der Waals surface area contributed by atoms with Crippen LogP contribution in [-0.2, 0) is 4.79 Å². The number of nitrogens with one attached hydrogen (secondary N) is 2. The average molecular weight is 341 g/mol. The van der Waals surface area contributed by atoms with Crippen molar-refractivity contribution in [2.24, 2.45) is 0 Å². The minimum Gasteiger partial charge on any atom is -0.349 e. The van der Waals surface area contributed by atoms with Crippen LogP contribution in [0, 0.1) is 0 Å². The van der Waals surface area contributed by atoms with E-state index < -0.39 is 0 Å². The molecule has 1 aromatic carbocycles. The lowest BCUT2D eigenvalue weighted by molar-refractivity contribution is -0.119. The average Bonchev–Trinajstić information content (AvgIpc) is 2.90. The monoisotopic (exact) mass is 340 g/mol. The van der Waals surface area contributed by atoms with Crippen molar-refractivity contribution in [2.75, 3.05) is 5.75 Å². The summed E-state index contributed by atoms with van der Waals surface area (Å²) in [6.07, 6.45) is 1.42. The Balaban J connectivity index is 1.83. The third kappa shape index (κ3) is 4.36. The van der Waals surface area contributed by atoms with E-state index in [0.717, 1.165) is 10.0 Å². The molecule has 2 aromatic rings. The summed E-state index contributed by atoms with van der Waals surface area (Å²) in [7, 11) is 0. The zero-order valence-electron chi connectivity index (χ0n) is 10.3. The van der Waals surface area contributed by atoms with E-state index in [2.05, 4.69) is 36.4 Å². The van der Waals surface area contributed by atoms with Gasteiger partial charge in [0.25, 0.3) is 0 Å². The third-order valence-electron chi connectivity index (χ3n) is 2.48. The summed E-state index contributed by atoms with van der Waals surface area (Å²) < 4.78 is 1.02. The molecule has 1 atom stereocenters. The Bertz CT molecular complexity index is 529. The normalized spacial score (nSPS) is 12.1. The van der Waals surface area contributed by atoms with Gasteiger partial charge < -0.3 is 5.32 Å². The summed E-state index contributed by atoms with van der Waals surface area (Å²) in [6, 6.07) is 7.87. The van der Waals surface area contributed by atoms with Crippen LogP contribution in [0.2, 0.25) is 0 Å². The summed E-state index contributed by atoms with van der Waals surface area (Å²) in [5.74, 6) is 0.285. The van der Waals surface area contributed by atoms with Crippen molar-refractivity contribution in [1.29, 1.82) is 0 Å². The van der Waals surface area contributed by atoms with Gasteiger partial charge in [-0.1, -0.05) is 39.8 Å².